The zero-order valence-corrected chi connectivity index (χ0v) is 17.1. The van der Waals surface area contributed by atoms with Gasteiger partial charge in [-0.1, -0.05) is 6.07 Å². The quantitative estimate of drug-likeness (QED) is 0.472. The minimum absolute atomic E-state index is 0.0839. The summed E-state index contributed by atoms with van der Waals surface area (Å²) >= 11 is 0. The first kappa shape index (κ1) is 19.5. The van der Waals surface area contributed by atoms with Gasteiger partial charge in [0.1, 0.15) is 17.2 Å². The van der Waals surface area contributed by atoms with Crippen LogP contribution in [0.2, 0.25) is 0 Å². The Kier molecular flexibility index (Phi) is 4.13. The van der Waals surface area contributed by atoms with Crippen LogP contribution >= 0.6 is 0 Å². The van der Waals surface area contributed by atoms with Crippen LogP contribution < -0.4 is 27.0 Å². The number of phenols is 1. The minimum atomic E-state index is -0.570. The first-order valence-electron chi connectivity index (χ1n) is 9.73. The Hall–Kier alpha value is -4.46. The Morgan fingerprint density at radius 3 is 1.72 bits per heavy atom. The third-order valence-electron chi connectivity index (χ3n) is 5.61. The molecule has 8 heteroatoms. The summed E-state index contributed by atoms with van der Waals surface area (Å²) in [7, 11) is 1.35. The van der Waals surface area contributed by atoms with E-state index in [0.29, 0.717) is 17.2 Å². The summed E-state index contributed by atoms with van der Waals surface area (Å²) in [5.74, 6) is 1.00. The van der Waals surface area contributed by atoms with Crippen LogP contribution in [0.3, 0.4) is 0 Å². The number of hydrogen-bond donors (Lipinski definition) is 1. The molecule has 2 aromatic heterocycles. The normalized spacial score (nSPS) is 11.4. The molecule has 0 aliphatic rings. The summed E-state index contributed by atoms with van der Waals surface area (Å²) in [5.41, 5.74) is -1.10. The number of ether oxygens (including phenoxy) is 1. The molecule has 8 nitrogen and oxygen atoms in total. The molecule has 32 heavy (non-hydrogen) atoms. The molecule has 0 saturated heterocycles. The van der Waals surface area contributed by atoms with E-state index in [9.17, 15) is 24.3 Å². The zero-order chi connectivity index (χ0) is 22.7. The maximum atomic E-state index is 13.0. The second-order valence-corrected chi connectivity index (χ2v) is 7.60. The summed E-state index contributed by atoms with van der Waals surface area (Å²) in [6.07, 6.45) is 0. The van der Waals surface area contributed by atoms with Gasteiger partial charge in [0.2, 0.25) is 0 Å². The molecule has 0 bridgehead atoms. The second kappa shape index (κ2) is 6.78. The molecule has 0 spiro atoms. The van der Waals surface area contributed by atoms with Crippen LogP contribution in [-0.4, -0.2) is 14.2 Å². The van der Waals surface area contributed by atoms with Gasteiger partial charge in [-0.3, -0.25) is 23.7 Å². The van der Waals surface area contributed by atoms with E-state index in [4.69, 9.17) is 4.74 Å². The van der Waals surface area contributed by atoms with Crippen molar-refractivity contribution in [3.05, 3.63) is 102 Å². The smallest absolute Gasteiger partial charge is 0.266 e. The molecule has 0 amide bonds. The van der Waals surface area contributed by atoms with Gasteiger partial charge in [-0.05, 0) is 55.0 Å². The van der Waals surface area contributed by atoms with Gasteiger partial charge in [0, 0.05) is 13.1 Å². The Bertz CT molecular complexity index is 1670. The van der Waals surface area contributed by atoms with Crippen LogP contribution in [-0.2, 0) is 7.05 Å². The van der Waals surface area contributed by atoms with Gasteiger partial charge in [0.05, 0.1) is 27.2 Å². The number of fused-ring (bicyclic) bond motifs is 2. The fourth-order valence-electron chi connectivity index (χ4n) is 3.78. The van der Waals surface area contributed by atoms with Crippen LogP contribution in [0.25, 0.3) is 27.2 Å². The molecule has 5 rings (SSSR count). The fourth-order valence-corrected chi connectivity index (χ4v) is 3.78. The van der Waals surface area contributed by atoms with Gasteiger partial charge in [0.25, 0.3) is 22.2 Å². The maximum Gasteiger partial charge on any atom is 0.266 e. The Morgan fingerprint density at radius 2 is 1.19 bits per heavy atom. The van der Waals surface area contributed by atoms with Gasteiger partial charge in [-0.25, -0.2) is 4.57 Å². The third kappa shape index (κ3) is 2.77. The Labute approximate surface area is 179 Å². The summed E-state index contributed by atoms with van der Waals surface area (Å²) in [6.45, 7) is 1.77. The van der Waals surface area contributed by atoms with Crippen LogP contribution in [0.5, 0.6) is 17.2 Å². The number of nitrogens with zero attached hydrogens (tertiary/aromatic N) is 2. The summed E-state index contributed by atoms with van der Waals surface area (Å²) in [5, 5.41) is 10.2. The topological polar surface area (TPSA) is 108 Å². The van der Waals surface area contributed by atoms with E-state index in [1.807, 2.05) is 0 Å². The fraction of sp³-hybridized carbons (Fsp3) is 0.0833. The first-order chi connectivity index (χ1) is 15.3. The van der Waals surface area contributed by atoms with Crippen LogP contribution in [0.4, 0.5) is 0 Å². The first-order valence-corrected chi connectivity index (χ1v) is 9.73. The molecule has 5 aromatic rings. The van der Waals surface area contributed by atoms with Gasteiger partial charge in [-0.15, -0.1) is 0 Å². The number of aromatic hydroxyl groups is 1. The van der Waals surface area contributed by atoms with Crippen LogP contribution in [0.1, 0.15) is 5.56 Å². The molecule has 158 valence electrons. The van der Waals surface area contributed by atoms with E-state index < -0.39 is 22.2 Å². The molecule has 0 aliphatic carbocycles. The van der Waals surface area contributed by atoms with Gasteiger partial charge < -0.3 is 9.84 Å². The lowest BCUT2D eigenvalue weighted by atomic mass is 10.1. The predicted octanol–water partition coefficient (Wildman–Crippen LogP) is 2.24. The number of benzene rings is 3. The number of rotatable bonds is 3. The highest BCUT2D eigenvalue weighted by Crippen LogP contribution is 2.27. The molecule has 3 aromatic carbocycles. The number of hydrogen-bond acceptors (Lipinski definition) is 6. The standard InChI is InChI=1S/C24H16N2O6/c1-12-3-6-15(9-20(12)27)32-14-7-4-13(5-8-14)26-23(30)18-10-16-17(11-19(18)24(26)31)22(29)25(2)21(16)28/h3-11,27H,1-2H3. The van der Waals surface area contributed by atoms with Crippen molar-refractivity contribution in [1.29, 1.82) is 0 Å². The second-order valence-electron chi connectivity index (χ2n) is 7.60. The maximum absolute atomic E-state index is 13.0. The molecule has 0 unspecified atom stereocenters. The van der Waals surface area contributed by atoms with Crippen molar-refractivity contribution in [1.82, 2.24) is 9.13 Å². The molecular formula is C24H16N2O6. The van der Waals surface area contributed by atoms with Crippen molar-refractivity contribution >= 4 is 21.5 Å². The molecule has 0 fully saturated rings. The highest BCUT2D eigenvalue weighted by molar-refractivity contribution is 5.98. The van der Waals surface area contributed by atoms with E-state index in [-0.39, 0.29) is 27.3 Å². The number of aryl methyl sites for hydroxylation is 1. The third-order valence-corrected chi connectivity index (χ3v) is 5.61. The lowest BCUT2D eigenvalue weighted by Crippen LogP contribution is -2.23. The van der Waals surface area contributed by atoms with Crippen molar-refractivity contribution < 1.29 is 9.84 Å². The van der Waals surface area contributed by atoms with Crippen LogP contribution in [0, 0.1) is 6.92 Å². The highest BCUT2D eigenvalue weighted by atomic mass is 16.5. The SMILES string of the molecule is Cc1ccc(Oc2ccc(-n3c(=O)c4cc5c(=O)n(C)c(=O)c5cc4c3=O)cc2)cc1O. The van der Waals surface area contributed by atoms with E-state index in [2.05, 4.69) is 0 Å². The van der Waals surface area contributed by atoms with E-state index in [1.165, 1.54) is 25.2 Å². The lowest BCUT2D eigenvalue weighted by Gasteiger charge is -2.08. The molecule has 2 heterocycles. The number of aromatic nitrogens is 2. The van der Waals surface area contributed by atoms with Crippen LogP contribution in [0.15, 0.2) is 73.8 Å². The Morgan fingerprint density at radius 1 is 0.688 bits per heavy atom. The molecule has 0 atom stereocenters. The van der Waals surface area contributed by atoms with Crippen molar-refractivity contribution in [2.24, 2.45) is 7.05 Å². The molecule has 1 N–H and O–H groups in total. The Balaban J connectivity index is 1.59. The molecule has 0 radical (unpaired) electrons. The summed E-state index contributed by atoms with van der Waals surface area (Å²) in [4.78, 5) is 50.4. The van der Waals surface area contributed by atoms with Crippen molar-refractivity contribution in [3.8, 4) is 22.9 Å². The average molecular weight is 428 g/mol. The van der Waals surface area contributed by atoms with Crippen molar-refractivity contribution in [2.75, 3.05) is 0 Å². The van der Waals surface area contributed by atoms with E-state index >= 15 is 0 Å². The molecule has 0 saturated carbocycles. The predicted molar refractivity (Wildman–Crippen MR) is 120 cm³/mol. The summed E-state index contributed by atoms with van der Waals surface area (Å²) in [6, 6.07) is 13.9. The van der Waals surface area contributed by atoms with Gasteiger partial charge in [0.15, 0.2) is 0 Å². The molecular weight excluding hydrogens is 412 g/mol. The highest BCUT2D eigenvalue weighted by Gasteiger charge is 2.19. The van der Waals surface area contributed by atoms with Gasteiger partial charge >= 0.3 is 0 Å². The average Bonchev–Trinajstić information content (AvgIpc) is 3.15. The zero-order valence-electron chi connectivity index (χ0n) is 17.1. The lowest BCUT2D eigenvalue weighted by molar-refractivity contribution is 0.452. The van der Waals surface area contributed by atoms with E-state index in [1.54, 1.807) is 43.3 Å². The minimum Gasteiger partial charge on any atom is -0.508 e. The summed E-state index contributed by atoms with van der Waals surface area (Å²) < 4.78 is 7.66. The van der Waals surface area contributed by atoms with E-state index in [0.717, 1.165) is 14.7 Å². The largest absolute Gasteiger partial charge is 0.508 e. The van der Waals surface area contributed by atoms with Gasteiger partial charge in [-0.2, -0.15) is 0 Å². The van der Waals surface area contributed by atoms with Crippen molar-refractivity contribution in [3.63, 3.8) is 0 Å². The monoisotopic (exact) mass is 428 g/mol. The molecule has 0 aliphatic heterocycles. The number of phenolic OH excluding ortho intramolecular Hbond substituents is 1. The van der Waals surface area contributed by atoms with Crippen molar-refractivity contribution in [2.45, 2.75) is 6.92 Å².